The van der Waals surface area contributed by atoms with Crippen molar-refractivity contribution in [1.82, 2.24) is 5.32 Å². The summed E-state index contributed by atoms with van der Waals surface area (Å²) in [7, 11) is 0. The highest BCUT2D eigenvalue weighted by Crippen LogP contribution is 2.63. The summed E-state index contributed by atoms with van der Waals surface area (Å²) in [6, 6.07) is 0. The molecule has 0 bridgehead atoms. The maximum atomic E-state index is 8.68. The molecule has 2 heteroatoms. The Hall–Kier alpha value is -0.0800. The highest BCUT2D eigenvalue weighted by molar-refractivity contribution is 5.18. The smallest absolute Gasteiger partial charge is 0.0556 e. The van der Waals surface area contributed by atoms with Gasteiger partial charge in [-0.1, -0.05) is 6.92 Å². The van der Waals surface area contributed by atoms with Crippen LogP contribution in [0.5, 0.6) is 0 Å². The predicted octanol–water partition coefficient (Wildman–Crippen LogP) is 0.901. The van der Waals surface area contributed by atoms with Crippen LogP contribution in [0.2, 0.25) is 0 Å². The van der Waals surface area contributed by atoms with E-state index in [1.165, 1.54) is 25.7 Å². The van der Waals surface area contributed by atoms with Crippen molar-refractivity contribution < 1.29 is 5.11 Å². The first-order valence-electron chi connectivity index (χ1n) is 4.58. The van der Waals surface area contributed by atoms with Crippen molar-refractivity contribution in [3.05, 3.63) is 0 Å². The topological polar surface area (TPSA) is 32.3 Å². The molecule has 2 N–H and O–H groups in total. The zero-order valence-electron chi connectivity index (χ0n) is 7.19. The van der Waals surface area contributed by atoms with Crippen LogP contribution < -0.4 is 5.32 Å². The molecule has 2 nitrogen and oxygen atoms in total. The Bertz CT molecular complexity index is 159. The Kier molecular flexibility index (Phi) is 1.52. The highest BCUT2D eigenvalue weighted by Gasteiger charge is 2.61. The van der Waals surface area contributed by atoms with E-state index in [-0.39, 0.29) is 6.61 Å². The Morgan fingerprint density at radius 2 is 1.91 bits per heavy atom. The van der Waals surface area contributed by atoms with Crippen molar-refractivity contribution in [2.24, 2.45) is 5.41 Å². The number of nitrogens with one attached hydrogen (secondary N) is 1. The van der Waals surface area contributed by atoms with E-state index >= 15 is 0 Å². The molecule has 2 aliphatic carbocycles. The summed E-state index contributed by atoms with van der Waals surface area (Å²) >= 11 is 0. The molecule has 2 rings (SSSR count). The standard InChI is InChI=1S/C9H17NO/c1-8(2-3-8)9(4-5-9)10-6-7-11/h10-11H,2-7H2,1H3. The molecule has 0 saturated heterocycles. The molecule has 0 atom stereocenters. The fourth-order valence-electron chi connectivity index (χ4n) is 2.08. The lowest BCUT2D eigenvalue weighted by Gasteiger charge is -2.23. The minimum Gasteiger partial charge on any atom is -0.395 e. The first-order chi connectivity index (χ1) is 5.22. The molecule has 64 valence electrons. The minimum absolute atomic E-state index is 0.276. The fourth-order valence-corrected chi connectivity index (χ4v) is 2.08. The SMILES string of the molecule is CC1(C2(NCCO)CC2)CC1. The van der Waals surface area contributed by atoms with Crippen molar-refractivity contribution in [2.75, 3.05) is 13.2 Å². The average molecular weight is 155 g/mol. The molecule has 0 spiro atoms. The van der Waals surface area contributed by atoms with Crippen LogP contribution in [0, 0.1) is 5.41 Å². The van der Waals surface area contributed by atoms with Gasteiger partial charge < -0.3 is 10.4 Å². The lowest BCUT2D eigenvalue weighted by atomic mass is 9.96. The van der Waals surface area contributed by atoms with Crippen LogP contribution >= 0.6 is 0 Å². The second-order valence-corrected chi connectivity index (χ2v) is 4.29. The summed E-state index contributed by atoms with van der Waals surface area (Å²) in [5, 5.41) is 12.2. The van der Waals surface area contributed by atoms with E-state index in [1.807, 2.05) is 0 Å². The molecule has 0 amide bonds. The normalized spacial score (nSPS) is 30.0. The molecule has 0 radical (unpaired) electrons. The van der Waals surface area contributed by atoms with Gasteiger partial charge in [-0.3, -0.25) is 0 Å². The van der Waals surface area contributed by atoms with E-state index < -0.39 is 0 Å². The van der Waals surface area contributed by atoms with Gasteiger partial charge in [-0.25, -0.2) is 0 Å². The fraction of sp³-hybridized carbons (Fsp3) is 1.00. The third-order valence-corrected chi connectivity index (χ3v) is 3.48. The monoisotopic (exact) mass is 155 g/mol. The van der Waals surface area contributed by atoms with E-state index in [2.05, 4.69) is 12.2 Å². The van der Waals surface area contributed by atoms with Crippen LogP contribution in [-0.4, -0.2) is 23.8 Å². The third kappa shape index (κ3) is 1.09. The van der Waals surface area contributed by atoms with Gasteiger partial charge in [0.2, 0.25) is 0 Å². The molecule has 0 unspecified atom stereocenters. The van der Waals surface area contributed by atoms with Crippen LogP contribution in [0.1, 0.15) is 32.6 Å². The molecular weight excluding hydrogens is 138 g/mol. The van der Waals surface area contributed by atoms with Crippen LogP contribution in [0.3, 0.4) is 0 Å². The maximum absolute atomic E-state index is 8.68. The average Bonchev–Trinajstić information content (AvgIpc) is 2.81. The van der Waals surface area contributed by atoms with Gasteiger partial charge >= 0.3 is 0 Å². The third-order valence-electron chi connectivity index (χ3n) is 3.48. The summed E-state index contributed by atoms with van der Waals surface area (Å²) in [4.78, 5) is 0. The Morgan fingerprint density at radius 3 is 2.27 bits per heavy atom. The Morgan fingerprint density at radius 1 is 1.27 bits per heavy atom. The molecule has 11 heavy (non-hydrogen) atoms. The van der Waals surface area contributed by atoms with Crippen molar-refractivity contribution >= 4 is 0 Å². The van der Waals surface area contributed by atoms with Gasteiger partial charge in [-0.2, -0.15) is 0 Å². The molecular formula is C9H17NO. The molecule has 0 aromatic carbocycles. The number of aliphatic hydroxyl groups excluding tert-OH is 1. The maximum Gasteiger partial charge on any atom is 0.0556 e. The quantitative estimate of drug-likeness (QED) is 0.632. The molecule has 2 saturated carbocycles. The summed E-state index contributed by atoms with van der Waals surface area (Å²) in [6.07, 6.45) is 5.41. The summed E-state index contributed by atoms with van der Waals surface area (Å²) in [6.45, 7) is 3.41. The molecule has 0 aromatic rings. The van der Waals surface area contributed by atoms with Crippen LogP contribution in [0.25, 0.3) is 0 Å². The first-order valence-corrected chi connectivity index (χ1v) is 4.58. The zero-order chi connectivity index (χ0) is 7.95. The summed E-state index contributed by atoms with van der Waals surface area (Å²) in [5.74, 6) is 0. The van der Waals surface area contributed by atoms with Gasteiger partial charge in [0.15, 0.2) is 0 Å². The van der Waals surface area contributed by atoms with E-state index in [0.29, 0.717) is 11.0 Å². The second-order valence-electron chi connectivity index (χ2n) is 4.29. The van der Waals surface area contributed by atoms with Crippen molar-refractivity contribution in [1.29, 1.82) is 0 Å². The first kappa shape index (κ1) is 7.56. The summed E-state index contributed by atoms with van der Waals surface area (Å²) in [5.41, 5.74) is 1.03. The lowest BCUT2D eigenvalue weighted by Crippen LogP contribution is -2.40. The van der Waals surface area contributed by atoms with Crippen LogP contribution in [-0.2, 0) is 0 Å². The highest BCUT2D eigenvalue weighted by atomic mass is 16.3. The molecule has 0 aliphatic heterocycles. The Labute approximate surface area is 68.0 Å². The van der Waals surface area contributed by atoms with Crippen LogP contribution in [0.15, 0.2) is 0 Å². The zero-order valence-corrected chi connectivity index (χ0v) is 7.19. The van der Waals surface area contributed by atoms with E-state index in [0.717, 1.165) is 6.54 Å². The van der Waals surface area contributed by atoms with Gasteiger partial charge in [-0.15, -0.1) is 0 Å². The molecule has 2 aliphatic rings. The number of hydrogen-bond donors (Lipinski definition) is 2. The molecule has 0 heterocycles. The Balaban J connectivity index is 1.89. The number of rotatable bonds is 4. The van der Waals surface area contributed by atoms with E-state index in [4.69, 9.17) is 5.11 Å². The molecule has 0 aromatic heterocycles. The van der Waals surface area contributed by atoms with Crippen molar-refractivity contribution in [3.8, 4) is 0 Å². The lowest BCUT2D eigenvalue weighted by molar-refractivity contribution is 0.257. The summed E-state index contributed by atoms with van der Waals surface area (Å²) < 4.78 is 0. The van der Waals surface area contributed by atoms with Gasteiger partial charge in [0, 0.05) is 12.1 Å². The predicted molar refractivity (Wildman–Crippen MR) is 44.4 cm³/mol. The number of aliphatic hydroxyl groups is 1. The van der Waals surface area contributed by atoms with Gasteiger partial charge in [0.25, 0.3) is 0 Å². The molecule has 2 fully saturated rings. The largest absolute Gasteiger partial charge is 0.395 e. The number of β-amino-alcohol motifs (C(OH)–C–C–N with tert-alkyl or cyclic N) is 1. The minimum atomic E-state index is 0.276. The van der Waals surface area contributed by atoms with Gasteiger partial charge in [-0.05, 0) is 31.1 Å². The van der Waals surface area contributed by atoms with Gasteiger partial charge in [0.1, 0.15) is 0 Å². The number of hydrogen-bond acceptors (Lipinski definition) is 2. The van der Waals surface area contributed by atoms with Crippen LogP contribution in [0.4, 0.5) is 0 Å². The van der Waals surface area contributed by atoms with Gasteiger partial charge in [0.05, 0.1) is 6.61 Å². The van der Waals surface area contributed by atoms with E-state index in [1.54, 1.807) is 0 Å². The van der Waals surface area contributed by atoms with Crippen molar-refractivity contribution in [2.45, 2.75) is 38.1 Å². The van der Waals surface area contributed by atoms with E-state index in [9.17, 15) is 0 Å². The second kappa shape index (κ2) is 2.20. The van der Waals surface area contributed by atoms with Crippen molar-refractivity contribution in [3.63, 3.8) is 0 Å².